The second-order valence-corrected chi connectivity index (χ2v) is 7.13. The van der Waals surface area contributed by atoms with Crippen molar-refractivity contribution < 1.29 is 4.79 Å². The monoisotopic (exact) mass is 351 g/mol. The molecule has 0 spiro atoms. The van der Waals surface area contributed by atoms with Gasteiger partial charge in [-0.15, -0.1) is 0 Å². The van der Waals surface area contributed by atoms with E-state index in [0.29, 0.717) is 6.54 Å². The summed E-state index contributed by atoms with van der Waals surface area (Å²) in [4.78, 5) is 16.6. The van der Waals surface area contributed by atoms with Gasteiger partial charge in [0, 0.05) is 30.5 Å². The van der Waals surface area contributed by atoms with Crippen molar-refractivity contribution >= 4 is 23.0 Å². The van der Waals surface area contributed by atoms with Crippen LogP contribution in [0.2, 0.25) is 0 Å². The minimum absolute atomic E-state index is 0.0291. The number of carbonyl (C=O) groups is 1. The molecule has 2 aromatic rings. The van der Waals surface area contributed by atoms with E-state index in [0.717, 1.165) is 47.5 Å². The van der Waals surface area contributed by atoms with Crippen molar-refractivity contribution in [2.75, 3.05) is 17.2 Å². The molecule has 0 saturated heterocycles. The Morgan fingerprint density at radius 3 is 2.88 bits per heavy atom. The Hall–Kier alpha value is -2.60. The number of hydrogen-bond acceptors (Lipinski definition) is 5. The van der Waals surface area contributed by atoms with E-state index in [9.17, 15) is 4.79 Å². The molecule has 5 N–H and O–H groups in total. The van der Waals surface area contributed by atoms with E-state index in [1.54, 1.807) is 12.4 Å². The van der Waals surface area contributed by atoms with Crippen LogP contribution in [-0.4, -0.2) is 29.5 Å². The molecule has 6 nitrogen and oxygen atoms in total. The van der Waals surface area contributed by atoms with E-state index in [1.807, 2.05) is 18.2 Å². The summed E-state index contributed by atoms with van der Waals surface area (Å²) in [6.45, 7) is 0.671. The first-order chi connectivity index (χ1) is 12.7. The van der Waals surface area contributed by atoms with Crippen LogP contribution in [0.3, 0.4) is 0 Å². The third-order valence-corrected chi connectivity index (χ3v) is 5.24. The Morgan fingerprint density at radius 1 is 1.19 bits per heavy atom. The van der Waals surface area contributed by atoms with Crippen LogP contribution < -0.4 is 21.7 Å². The maximum absolute atomic E-state index is 12.4. The number of pyridine rings is 1. The first-order valence-corrected chi connectivity index (χ1v) is 9.35. The number of amides is 1. The molecule has 1 saturated carbocycles. The molecule has 1 aromatic carbocycles. The second kappa shape index (κ2) is 7.33. The standard InChI is InChI=1S/C20H25N5O/c21-16-5-1-2-6-17(16)25-15-10-13-7-9-23-20(26)19(13)18(11-15)24-14-4-3-8-22-12-14/h3-4,8,10-12,16-17,24-25H,1-2,5-7,9,21H2,(H,23,26). The van der Waals surface area contributed by atoms with E-state index in [4.69, 9.17) is 5.73 Å². The van der Waals surface area contributed by atoms with Gasteiger partial charge in [0.1, 0.15) is 0 Å². The van der Waals surface area contributed by atoms with Gasteiger partial charge in [-0.05, 0) is 49.1 Å². The number of fused-ring (bicyclic) bond motifs is 1. The maximum Gasteiger partial charge on any atom is 0.253 e. The molecule has 2 unspecified atom stereocenters. The summed E-state index contributed by atoms with van der Waals surface area (Å²) >= 11 is 0. The predicted molar refractivity (Wildman–Crippen MR) is 104 cm³/mol. The average Bonchev–Trinajstić information content (AvgIpc) is 2.64. The minimum atomic E-state index is -0.0291. The van der Waals surface area contributed by atoms with Gasteiger partial charge in [-0.2, -0.15) is 0 Å². The number of carbonyl (C=O) groups excluding carboxylic acids is 1. The van der Waals surface area contributed by atoms with Gasteiger partial charge in [0.15, 0.2) is 0 Å². The smallest absolute Gasteiger partial charge is 0.253 e. The quantitative estimate of drug-likeness (QED) is 0.680. The van der Waals surface area contributed by atoms with Crippen molar-refractivity contribution in [1.82, 2.24) is 10.3 Å². The number of hydrogen-bond donors (Lipinski definition) is 4. The van der Waals surface area contributed by atoms with Crippen LogP contribution in [0.5, 0.6) is 0 Å². The van der Waals surface area contributed by atoms with Crippen LogP contribution in [-0.2, 0) is 6.42 Å². The highest BCUT2D eigenvalue weighted by Gasteiger charge is 2.25. The van der Waals surface area contributed by atoms with Gasteiger partial charge in [-0.25, -0.2) is 0 Å². The van der Waals surface area contributed by atoms with Gasteiger partial charge in [0.2, 0.25) is 0 Å². The Morgan fingerprint density at radius 2 is 2.08 bits per heavy atom. The number of nitrogens with zero attached hydrogens (tertiary/aromatic N) is 1. The van der Waals surface area contributed by atoms with Gasteiger partial charge in [0.05, 0.1) is 23.1 Å². The van der Waals surface area contributed by atoms with E-state index in [1.165, 1.54) is 12.8 Å². The topological polar surface area (TPSA) is 92.1 Å². The van der Waals surface area contributed by atoms with E-state index >= 15 is 0 Å². The Kier molecular flexibility index (Phi) is 4.75. The maximum atomic E-state index is 12.4. The zero-order chi connectivity index (χ0) is 17.9. The molecule has 2 heterocycles. The average molecular weight is 351 g/mol. The van der Waals surface area contributed by atoms with E-state index in [-0.39, 0.29) is 18.0 Å². The molecule has 1 aromatic heterocycles. The molecule has 26 heavy (non-hydrogen) atoms. The van der Waals surface area contributed by atoms with E-state index < -0.39 is 0 Å². The summed E-state index contributed by atoms with van der Waals surface area (Å²) in [6, 6.07) is 8.39. The molecular weight excluding hydrogens is 326 g/mol. The van der Waals surface area contributed by atoms with Crippen LogP contribution in [0.25, 0.3) is 0 Å². The molecule has 1 amide bonds. The first kappa shape index (κ1) is 16.8. The van der Waals surface area contributed by atoms with Crippen molar-refractivity contribution in [2.24, 2.45) is 5.73 Å². The van der Waals surface area contributed by atoms with Crippen LogP contribution in [0.1, 0.15) is 41.6 Å². The number of nitrogens with one attached hydrogen (secondary N) is 3. The lowest BCUT2D eigenvalue weighted by Crippen LogP contribution is -2.42. The third-order valence-electron chi connectivity index (χ3n) is 5.24. The van der Waals surface area contributed by atoms with Crippen molar-refractivity contribution in [1.29, 1.82) is 0 Å². The highest BCUT2D eigenvalue weighted by Crippen LogP contribution is 2.31. The molecular formula is C20H25N5O. The molecule has 1 fully saturated rings. The number of aromatic nitrogens is 1. The van der Waals surface area contributed by atoms with Crippen LogP contribution >= 0.6 is 0 Å². The normalized spacial score (nSPS) is 22.3. The Labute approximate surface area is 153 Å². The summed E-state index contributed by atoms with van der Waals surface area (Å²) in [7, 11) is 0. The Balaban J connectivity index is 1.67. The summed E-state index contributed by atoms with van der Waals surface area (Å²) in [5, 5.41) is 9.90. The molecule has 1 aliphatic carbocycles. The first-order valence-electron chi connectivity index (χ1n) is 9.35. The molecule has 0 radical (unpaired) electrons. The summed E-state index contributed by atoms with van der Waals surface area (Å²) in [6.07, 6.45) is 8.88. The van der Waals surface area contributed by atoms with Crippen LogP contribution in [0.15, 0.2) is 36.7 Å². The fraction of sp³-hybridized carbons (Fsp3) is 0.400. The van der Waals surface area contributed by atoms with Crippen molar-refractivity contribution in [2.45, 2.75) is 44.2 Å². The fourth-order valence-corrected chi connectivity index (χ4v) is 3.89. The SMILES string of the molecule is NC1CCCCC1Nc1cc2c(c(Nc3cccnc3)c1)C(=O)NCC2. The van der Waals surface area contributed by atoms with Crippen molar-refractivity contribution in [3.63, 3.8) is 0 Å². The lowest BCUT2D eigenvalue weighted by Gasteiger charge is -2.31. The highest BCUT2D eigenvalue weighted by atomic mass is 16.1. The number of nitrogens with two attached hydrogens (primary N) is 1. The van der Waals surface area contributed by atoms with Crippen molar-refractivity contribution in [3.8, 4) is 0 Å². The van der Waals surface area contributed by atoms with Gasteiger partial charge in [-0.1, -0.05) is 12.8 Å². The largest absolute Gasteiger partial charge is 0.381 e. The van der Waals surface area contributed by atoms with E-state index in [2.05, 4.69) is 27.0 Å². The van der Waals surface area contributed by atoms with Gasteiger partial charge >= 0.3 is 0 Å². The number of anilines is 3. The number of rotatable bonds is 4. The minimum Gasteiger partial charge on any atom is -0.381 e. The molecule has 136 valence electrons. The third kappa shape index (κ3) is 3.51. The molecule has 2 atom stereocenters. The number of benzene rings is 1. The lowest BCUT2D eigenvalue weighted by atomic mass is 9.90. The predicted octanol–water partition coefficient (Wildman–Crippen LogP) is 2.79. The van der Waals surface area contributed by atoms with Crippen molar-refractivity contribution in [3.05, 3.63) is 47.8 Å². The molecule has 1 aliphatic heterocycles. The van der Waals surface area contributed by atoms with Gasteiger partial charge in [-0.3, -0.25) is 9.78 Å². The summed E-state index contributed by atoms with van der Waals surface area (Å²) in [5.74, 6) is -0.0291. The zero-order valence-corrected chi connectivity index (χ0v) is 14.8. The summed E-state index contributed by atoms with van der Waals surface area (Å²) < 4.78 is 0. The highest BCUT2D eigenvalue weighted by molar-refractivity contribution is 6.03. The van der Waals surface area contributed by atoms with Crippen LogP contribution in [0.4, 0.5) is 17.1 Å². The Bertz CT molecular complexity index is 792. The molecule has 0 bridgehead atoms. The second-order valence-electron chi connectivity index (χ2n) is 7.13. The van der Waals surface area contributed by atoms with Gasteiger partial charge < -0.3 is 21.7 Å². The molecule has 4 rings (SSSR count). The zero-order valence-electron chi connectivity index (χ0n) is 14.8. The molecule has 2 aliphatic rings. The molecule has 6 heteroatoms. The van der Waals surface area contributed by atoms with Gasteiger partial charge in [0.25, 0.3) is 5.91 Å². The van der Waals surface area contributed by atoms with Crippen LogP contribution in [0, 0.1) is 0 Å². The fourth-order valence-electron chi connectivity index (χ4n) is 3.89. The summed E-state index contributed by atoms with van der Waals surface area (Å²) in [5.41, 5.74) is 10.8. The lowest BCUT2D eigenvalue weighted by molar-refractivity contribution is 0.0947.